The number of hydrogen-bond acceptors (Lipinski definition) is 2. The van der Waals surface area contributed by atoms with Crippen molar-refractivity contribution in [3.63, 3.8) is 0 Å². The van der Waals surface area contributed by atoms with Gasteiger partial charge in [-0.15, -0.1) is 0 Å². The Balaban J connectivity index is 2.23. The van der Waals surface area contributed by atoms with Crippen LogP contribution in [0.4, 0.5) is 13.2 Å². The highest BCUT2D eigenvalue weighted by Crippen LogP contribution is 2.33. The average molecular weight is 286 g/mol. The van der Waals surface area contributed by atoms with Crippen LogP contribution in [-0.4, -0.2) is 29.7 Å². The molecule has 1 aliphatic carbocycles. The van der Waals surface area contributed by atoms with Gasteiger partial charge in [-0.1, -0.05) is 24.3 Å². The van der Waals surface area contributed by atoms with Crippen molar-refractivity contribution in [3.8, 4) is 0 Å². The monoisotopic (exact) mass is 286 g/mol. The maximum Gasteiger partial charge on any atom is 0.401 e. The molecule has 5 heteroatoms. The van der Waals surface area contributed by atoms with Gasteiger partial charge in [0.25, 0.3) is 0 Å². The molecule has 20 heavy (non-hydrogen) atoms. The van der Waals surface area contributed by atoms with Crippen molar-refractivity contribution in [2.24, 2.45) is 5.73 Å². The van der Waals surface area contributed by atoms with Crippen LogP contribution in [0.2, 0.25) is 0 Å². The third kappa shape index (κ3) is 3.33. The number of alkyl halides is 3. The van der Waals surface area contributed by atoms with Crippen molar-refractivity contribution in [1.82, 2.24) is 4.90 Å². The second kappa shape index (κ2) is 5.74. The van der Waals surface area contributed by atoms with Crippen LogP contribution >= 0.6 is 0 Å². The summed E-state index contributed by atoms with van der Waals surface area (Å²) in [5.41, 5.74) is 8.38. The molecule has 2 rings (SSSR count). The Kier molecular flexibility index (Phi) is 4.39. The summed E-state index contributed by atoms with van der Waals surface area (Å²) >= 11 is 0. The fraction of sp³-hybridized carbons (Fsp3) is 0.600. The first-order valence-corrected chi connectivity index (χ1v) is 6.95. The number of fused-ring (bicyclic) bond motifs is 1. The summed E-state index contributed by atoms with van der Waals surface area (Å²) in [7, 11) is 0. The third-order valence-electron chi connectivity index (χ3n) is 3.99. The van der Waals surface area contributed by atoms with Crippen LogP contribution < -0.4 is 5.73 Å². The van der Waals surface area contributed by atoms with E-state index in [-0.39, 0.29) is 18.1 Å². The Morgan fingerprint density at radius 2 is 1.95 bits per heavy atom. The van der Waals surface area contributed by atoms with Gasteiger partial charge in [0, 0.05) is 18.1 Å². The maximum absolute atomic E-state index is 12.8. The van der Waals surface area contributed by atoms with E-state index in [1.54, 1.807) is 13.8 Å². The molecule has 0 fully saturated rings. The van der Waals surface area contributed by atoms with Crippen LogP contribution in [0.25, 0.3) is 0 Å². The molecule has 2 nitrogen and oxygen atoms in total. The summed E-state index contributed by atoms with van der Waals surface area (Å²) < 4.78 is 38.3. The van der Waals surface area contributed by atoms with Crippen molar-refractivity contribution in [2.75, 3.05) is 6.54 Å². The molecular formula is C15H21F3N2. The quantitative estimate of drug-likeness (QED) is 0.924. The summed E-state index contributed by atoms with van der Waals surface area (Å²) in [6.07, 6.45) is -2.73. The Bertz CT molecular complexity index is 457. The Labute approximate surface area is 117 Å². The largest absolute Gasteiger partial charge is 0.401 e. The molecule has 0 spiro atoms. The van der Waals surface area contributed by atoms with Crippen molar-refractivity contribution in [2.45, 2.75) is 51.0 Å². The molecule has 0 heterocycles. The summed E-state index contributed by atoms with van der Waals surface area (Å²) in [5, 5.41) is 0. The lowest BCUT2D eigenvalue weighted by molar-refractivity contribution is -0.157. The molecule has 2 unspecified atom stereocenters. The normalized spacial score (nSPS) is 23.2. The standard InChI is InChI=1S/C15H21F3N2/c1-10(2)20(9-15(16,17)18)13-8-7-11-5-3-4-6-12(11)14(13)19/h3-6,10,13-14H,7-9,19H2,1-2H3. The molecule has 0 aromatic heterocycles. The van der Waals surface area contributed by atoms with E-state index in [1.165, 1.54) is 4.90 Å². The fourth-order valence-corrected chi connectivity index (χ4v) is 3.04. The number of nitrogens with zero attached hydrogens (tertiary/aromatic N) is 1. The molecule has 112 valence electrons. The lowest BCUT2D eigenvalue weighted by Crippen LogP contribution is -2.51. The molecule has 1 aromatic carbocycles. The lowest BCUT2D eigenvalue weighted by Gasteiger charge is -2.41. The molecule has 0 saturated carbocycles. The van der Waals surface area contributed by atoms with E-state index >= 15 is 0 Å². The Morgan fingerprint density at radius 3 is 2.55 bits per heavy atom. The topological polar surface area (TPSA) is 29.3 Å². The van der Waals surface area contributed by atoms with E-state index < -0.39 is 12.7 Å². The van der Waals surface area contributed by atoms with Gasteiger partial charge in [-0.25, -0.2) is 0 Å². The SMILES string of the molecule is CC(C)N(CC(F)(F)F)C1CCc2ccccc2C1N. The van der Waals surface area contributed by atoms with Crippen molar-refractivity contribution in [3.05, 3.63) is 35.4 Å². The maximum atomic E-state index is 12.8. The second-order valence-corrected chi connectivity index (χ2v) is 5.71. The summed E-state index contributed by atoms with van der Waals surface area (Å²) in [6.45, 7) is 2.68. The van der Waals surface area contributed by atoms with E-state index in [1.807, 2.05) is 24.3 Å². The molecule has 2 atom stereocenters. The lowest BCUT2D eigenvalue weighted by atomic mass is 9.83. The van der Waals surface area contributed by atoms with E-state index in [0.717, 1.165) is 17.5 Å². The van der Waals surface area contributed by atoms with Gasteiger partial charge in [-0.05, 0) is 37.8 Å². The van der Waals surface area contributed by atoms with Crippen LogP contribution in [-0.2, 0) is 6.42 Å². The zero-order valence-electron chi connectivity index (χ0n) is 11.8. The van der Waals surface area contributed by atoms with Crippen molar-refractivity contribution >= 4 is 0 Å². The molecule has 0 amide bonds. The van der Waals surface area contributed by atoms with E-state index in [4.69, 9.17) is 5.73 Å². The smallest absolute Gasteiger partial charge is 0.323 e. The first kappa shape index (κ1) is 15.3. The zero-order valence-corrected chi connectivity index (χ0v) is 11.8. The van der Waals surface area contributed by atoms with E-state index in [2.05, 4.69) is 0 Å². The predicted molar refractivity (Wildman–Crippen MR) is 73.4 cm³/mol. The van der Waals surface area contributed by atoms with Crippen LogP contribution in [0.15, 0.2) is 24.3 Å². The van der Waals surface area contributed by atoms with Crippen molar-refractivity contribution in [1.29, 1.82) is 0 Å². The molecular weight excluding hydrogens is 265 g/mol. The van der Waals surface area contributed by atoms with Crippen LogP contribution in [0, 0.1) is 0 Å². The predicted octanol–water partition coefficient (Wildman–Crippen LogP) is 3.27. The van der Waals surface area contributed by atoms with E-state index in [9.17, 15) is 13.2 Å². The third-order valence-corrected chi connectivity index (χ3v) is 3.99. The number of aryl methyl sites for hydroxylation is 1. The van der Waals surface area contributed by atoms with Crippen LogP contribution in [0.1, 0.15) is 37.4 Å². The van der Waals surface area contributed by atoms with Gasteiger partial charge in [0.05, 0.1) is 6.54 Å². The van der Waals surface area contributed by atoms with Crippen LogP contribution in [0.3, 0.4) is 0 Å². The summed E-state index contributed by atoms with van der Waals surface area (Å²) in [6, 6.07) is 6.98. The van der Waals surface area contributed by atoms with Gasteiger partial charge in [-0.2, -0.15) is 13.2 Å². The first-order valence-electron chi connectivity index (χ1n) is 6.95. The number of hydrogen-bond donors (Lipinski definition) is 1. The highest BCUT2D eigenvalue weighted by molar-refractivity contribution is 5.33. The van der Waals surface area contributed by atoms with Gasteiger partial charge in [-0.3, -0.25) is 4.90 Å². The average Bonchev–Trinajstić information content (AvgIpc) is 2.36. The van der Waals surface area contributed by atoms with Crippen LogP contribution in [0.5, 0.6) is 0 Å². The first-order chi connectivity index (χ1) is 9.29. The van der Waals surface area contributed by atoms with Crippen molar-refractivity contribution < 1.29 is 13.2 Å². The molecule has 0 aliphatic heterocycles. The molecule has 0 radical (unpaired) electrons. The van der Waals surface area contributed by atoms with Gasteiger partial charge < -0.3 is 5.73 Å². The molecule has 1 aliphatic rings. The minimum Gasteiger partial charge on any atom is -0.323 e. The van der Waals surface area contributed by atoms with E-state index in [0.29, 0.717) is 6.42 Å². The number of halogens is 3. The molecule has 2 N–H and O–H groups in total. The minimum atomic E-state index is -4.19. The van der Waals surface area contributed by atoms with Gasteiger partial charge in [0.1, 0.15) is 0 Å². The fourth-order valence-electron chi connectivity index (χ4n) is 3.04. The number of benzene rings is 1. The molecule has 0 bridgehead atoms. The summed E-state index contributed by atoms with van der Waals surface area (Å²) in [4.78, 5) is 1.49. The van der Waals surface area contributed by atoms with Gasteiger partial charge >= 0.3 is 6.18 Å². The second-order valence-electron chi connectivity index (χ2n) is 5.71. The molecule has 0 saturated heterocycles. The van der Waals surface area contributed by atoms with Gasteiger partial charge in [0.15, 0.2) is 0 Å². The minimum absolute atomic E-state index is 0.182. The Hall–Kier alpha value is -1.07. The number of rotatable bonds is 3. The highest BCUT2D eigenvalue weighted by Gasteiger charge is 2.39. The molecule has 1 aromatic rings. The summed E-state index contributed by atoms with van der Waals surface area (Å²) in [5.74, 6) is 0. The Morgan fingerprint density at radius 1 is 1.30 bits per heavy atom. The number of nitrogens with two attached hydrogens (primary N) is 1. The zero-order chi connectivity index (χ0) is 14.9. The highest BCUT2D eigenvalue weighted by atomic mass is 19.4. The van der Waals surface area contributed by atoms with Gasteiger partial charge in [0.2, 0.25) is 0 Å².